The van der Waals surface area contributed by atoms with E-state index in [2.05, 4.69) is 11.4 Å². The van der Waals surface area contributed by atoms with Crippen molar-refractivity contribution in [1.82, 2.24) is 5.32 Å². The summed E-state index contributed by atoms with van der Waals surface area (Å²) in [4.78, 5) is 27.8. The van der Waals surface area contributed by atoms with Crippen LogP contribution >= 0.6 is 11.3 Å². The Labute approximate surface area is 191 Å². The lowest BCUT2D eigenvalue weighted by Gasteiger charge is -2.36. The second-order valence-corrected chi connectivity index (χ2v) is 8.92. The summed E-state index contributed by atoms with van der Waals surface area (Å²) < 4.78 is 15.9. The fourth-order valence-electron chi connectivity index (χ4n) is 4.48. The number of hydrogen-bond donors (Lipinski definition) is 1. The summed E-state index contributed by atoms with van der Waals surface area (Å²) in [6.07, 6.45) is 1.15. The number of carbonyl (C=O) groups is 2. The van der Waals surface area contributed by atoms with E-state index in [1.54, 1.807) is 25.6 Å². The van der Waals surface area contributed by atoms with Gasteiger partial charge >= 0.3 is 5.97 Å². The third kappa shape index (κ3) is 4.36. The molecule has 0 saturated carbocycles. The van der Waals surface area contributed by atoms with Crippen LogP contribution in [0.2, 0.25) is 0 Å². The number of dihydropyridines is 1. The Bertz CT molecular complexity index is 1070. The lowest BCUT2D eigenvalue weighted by atomic mass is 9.72. The first kappa shape index (κ1) is 22.3. The number of Topliss-reactive ketones (excluding diaryl/α,β-unsaturated/α-hetero) is 1. The van der Waals surface area contributed by atoms with Gasteiger partial charge in [0, 0.05) is 47.2 Å². The highest BCUT2D eigenvalue weighted by Crippen LogP contribution is 2.46. The molecular formula is C25H27NO5S. The predicted octanol–water partition coefficient (Wildman–Crippen LogP) is 4.31. The van der Waals surface area contributed by atoms with E-state index in [4.69, 9.17) is 14.2 Å². The van der Waals surface area contributed by atoms with Gasteiger partial charge in [-0.2, -0.15) is 0 Å². The Hall–Kier alpha value is -2.90. The molecule has 7 heteroatoms. The number of benzene rings is 1. The topological polar surface area (TPSA) is 73.9 Å². The molecule has 0 saturated heterocycles. The first-order valence-electron chi connectivity index (χ1n) is 10.6. The third-order valence-corrected chi connectivity index (χ3v) is 6.98. The van der Waals surface area contributed by atoms with Crippen molar-refractivity contribution in [3.05, 3.63) is 74.8 Å². The normalized spacial score (nSPS) is 20.7. The monoisotopic (exact) mass is 453 g/mol. The molecule has 32 heavy (non-hydrogen) atoms. The molecule has 6 nitrogen and oxygen atoms in total. The molecule has 0 bridgehead atoms. The lowest BCUT2D eigenvalue weighted by molar-refractivity contribution is -0.140. The van der Waals surface area contributed by atoms with Gasteiger partial charge in [-0.25, -0.2) is 4.79 Å². The molecule has 2 aliphatic rings. The van der Waals surface area contributed by atoms with Gasteiger partial charge in [-0.3, -0.25) is 4.79 Å². The number of nitrogens with one attached hydrogen (secondary N) is 1. The highest BCUT2D eigenvalue weighted by atomic mass is 32.1. The molecule has 0 spiro atoms. The average Bonchev–Trinajstić information content (AvgIpc) is 3.33. The summed E-state index contributed by atoms with van der Waals surface area (Å²) in [5.74, 6) is -0.0807. The molecule has 168 valence electrons. The summed E-state index contributed by atoms with van der Waals surface area (Å²) in [6.45, 7) is 2.32. The van der Waals surface area contributed by atoms with Crippen LogP contribution in [-0.4, -0.2) is 39.2 Å². The zero-order chi connectivity index (χ0) is 22.7. The number of ether oxygens (including phenoxy) is 3. The zero-order valence-corrected chi connectivity index (χ0v) is 19.3. The van der Waals surface area contributed by atoms with Gasteiger partial charge in [0.1, 0.15) is 12.4 Å². The van der Waals surface area contributed by atoms with Crippen LogP contribution in [0.15, 0.2) is 64.3 Å². The van der Waals surface area contributed by atoms with Crippen molar-refractivity contribution in [3.8, 4) is 5.75 Å². The van der Waals surface area contributed by atoms with Crippen molar-refractivity contribution in [3.63, 3.8) is 0 Å². The Morgan fingerprint density at radius 1 is 1.16 bits per heavy atom. The van der Waals surface area contributed by atoms with Gasteiger partial charge in [0.25, 0.3) is 0 Å². The van der Waals surface area contributed by atoms with Crippen molar-refractivity contribution in [2.45, 2.75) is 31.6 Å². The molecule has 1 aromatic heterocycles. The first-order valence-corrected chi connectivity index (χ1v) is 11.5. The largest absolute Gasteiger partial charge is 0.497 e. The highest BCUT2D eigenvalue weighted by Gasteiger charge is 2.41. The minimum atomic E-state index is -0.506. The van der Waals surface area contributed by atoms with Gasteiger partial charge in [0.05, 0.1) is 19.3 Å². The third-order valence-electron chi connectivity index (χ3n) is 5.94. The number of esters is 1. The quantitative estimate of drug-likeness (QED) is 0.498. The van der Waals surface area contributed by atoms with Gasteiger partial charge in [0.15, 0.2) is 5.78 Å². The van der Waals surface area contributed by atoms with Crippen LogP contribution in [0.25, 0.3) is 0 Å². The molecule has 0 amide bonds. The Morgan fingerprint density at radius 2 is 2.00 bits per heavy atom. The number of allylic oxidation sites excluding steroid dienone is 3. The van der Waals surface area contributed by atoms with Crippen molar-refractivity contribution in [2.75, 3.05) is 27.4 Å². The van der Waals surface area contributed by atoms with Crippen LogP contribution in [0.4, 0.5) is 0 Å². The minimum absolute atomic E-state index is 0.0552. The second-order valence-electron chi connectivity index (χ2n) is 7.94. The van der Waals surface area contributed by atoms with E-state index in [1.165, 1.54) is 4.88 Å². The second kappa shape index (κ2) is 9.71. The molecule has 1 aliphatic heterocycles. The summed E-state index contributed by atoms with van der Waals surface area (Å²) in [6, 6.07) is 11.6. The Morgan fingerprint density at radius 3 is 2.72 bits per heavy atom. The van der Waals surface area contributed by atoms with Gasteiger partial charge in [-0.05, 0) is 42.5 Å². The van der Waals surface area contributed by atoms with Crippen molar-refractivity contribution in [2.24, 2.45) is 0 Å². The van der Waals surface area contributed by atoms with E-state index in [1.807, 2.05) is 42.6 Å². The molecule has 1 N–H and O–H groups in total. The van der Waals surface area contributed by atoms with Crippen LogP contribution in [0.1, 0.15) is 42.0 Å². The van der Waals surface area contributed by atoms with Crippen molar-refractivity contribution in [1.29, 1.82) is 0 Å². The SMILES string of the molecule is COCCOC(=O)C1=C(C)NC2=C(C(=O)C[C@H](c3cccs3)C2)[C@@H]1c1cccc(OC)c1. The average molecular weight is 454 g/mol. The van der Waals surface area contributed by atoms with Gasteiger partial charge in [-0.15, -0.1) is 11.3 Å². The number of ketones is 1. The van der Waals surface area contributed by atoms with E-state index in [9.17, 15) is 9.59 Å². The van der Waals surface area contributed by atoms with Crippen LogP contribution in [0.3, 0.4) is 0 Å². The van der Waals surface area contributed by atoms with Crippen LogP contribution < -0.4 is 10.1 Å². The molecule has 1 aliphatic carbocycles. The molecule has 2 heterocycles. The minimum Gasteiger partial charge on any atom is -0.497 e. The summed E-state index contributed by atoms with van der Waals surface area (Å²) >= 11 is 1.67. The smallest absolute Gasteiger partial charge is 0.336 e. The molecule has 4 rings (SSSR count). The van der Waals surface area contributed by atoms with Crippen LogP contribution in [-0.2, 0) is 19.1 Å². The zero-order valence-electron chi connectivity index (χ0n) is 18.5. The standard InChI is InChI=1S/C25H27NO5S/c1-15-22(25(28)31-10-9-29-2)23(16-6-4-7-18(12-16)30-3)24-19(26-15)13-17(14-20(24)27)21-8-5-11-32-21/h4-8,11-12,17,23,26H,9-10,13-14H2,1-3H3/t17-,23-/m1/s1. The maximum absolute atomic E-state index is 13.5. The van der Waals surface area contributed by atoms with E-state index in [0.29, 0.717) is 35.6 Å². The molecule has 2 atom stereocenters. The Balaban J connectivity index is 1.76. The molecule has 0 fully saturated rings. The summed E-state index contributed by atoms with van der Waals surface area (Å²) in [7, 11) is 3.16. The van der Waals surface area contributed by atoms with E-state index < -0.39 is 11.9 Å². The van der Waals surface area contributed by atoms with Crippen LogP contribution in [0, 0.1) is 0 Å². The fourth-order valence-corrected chi connectivity index (χ4v) is 5.31. The lowest BCUT2D eigenvalue weighted by Crippen LogP contribution is -2.36. The van der Waals surface area contributed by atoms with Crippen LogP contribution in [0.5, 0.6) is 5.75 Å². The number of hydrogen-bond acceptors (Lipinski definition) is 7. The molecule has 0 radical (unpaired) electrons. The molecule has 0 unspecified atom stereocenters. The number of rotatable bonds is 7. The predicted molar refractivity (Wildman–Crippen MR) is 123 cm³/mol. The van der Waals surface area contributed by atoms with Gasteiger partial charge < -0.3 is 19.5 Å². The maximum atomic E-state index is 13.5. The highest BCUT2D eigenvalue weighted by molar-refractivity contribution is 7.10. The molecular weight excluding hydrogens is 426 g/mol. The number of methoxy groups -OCH3 is 2. The fraction of sp³-hybridized carbons (Fsp3) is 0.360. The number of thiophene rings is 1. The number of carbonyl (C=O) groups excluding carboxylic acids is 2. The van der Waals surface area contributed by atoms with Gasteiger partial charge in [-0.1, -0.05) is 18.2 Å². The summed E-state index contributed by atoms with van der Waals surface area (Å²) in [5.41, 5.74) is 3.53. The van der Waals surface area contributed by atoms with E-state index in [0.717, 1.165) is 17.7 Å². The Kier molecular flexibility index (Phi) is 6.77. The van der Waals surface area contributed by atoms with Gasteiger partial charge in [0.2, 0.25) is 0 Å². The van der Waals surface area contributed by atoms with Crippen molar-refractivity contribution >= 4 is 23.1 Å². The summed E-state index contributed by atoms with van der Waals surface area (Å²) in [5, 5.41) is 5.41. The van der Waals surface area contributed by atoms with Crippen molar-refractivity contribution < 1.29 is 23.8 Å². The van der Waals surface area contributed by atoms with E-state index in [-0.39, 0.29) is 18.3 Å². The molecule has 2 aromatic rings. The maximum Gasteiger partial charge on any atom is 0.336 e. The first-order chi connectivity index (χ1) is 15.5. The van der Waals surface area contributed by atoms with E-state index >= 15 is 0 Å². The molecule has 1 aromatic carbocycles.